The van der Waals surface area contributed by atoms with Gasteiger partial charge in [0.15, 0.2) is 12.4 Å². The highest BCUT2D eigenvalue weighted by Gasteiger charge is 2.21. The summed E-state index contributed by atoms with van der Waals surface area (Å²) in [7, 11) is 1.25. The molecule has 7 nitrogen and oxygen atoms in total. The topological polar surface area (TPSA) is 73.4 Å². The summed E-state index contributed by atoms with van der Waals surface area (Å²) in [6.45, 7) is 3.68. The molecular weight excluding hydrogens is 355 g/mol. The number of nitrogens with one attached hydrogen (secondary N) is 1. The van der Waals surface area contributed by atoms with Crippen molar-refractivity contribution in [3.05, 3.63) is 58.4 Å². The van der Waals surface area contributed by atoms with Crippen LogP contribution in [0.3, 0.4) is 0 Å². The predicted molar refractivity (Wildman–Crippen MR) is 95.5 cm³/mol. The Morgan fingerprint density at radius 2 is 1.96 bits per heavy atom. The number of nitrogens with zero attached hydrogens (tertiary/aromatic N) is 1. The van der Waals surface area contributed by atoms with Crippen LogP contribution in [-0.2, 0) is 16.1 Å². The van der Waals surface area contributed by atoms with Gasteiger partial charge in [0.1, 0.15) is 18.6 Å². The Hall–Kier alpha value is -2.87. The molecule has 1 fully saturated rings. The molecule has 0 bridgehead atoms. The van der Waals surface area contributed by atoms with E-state index < -0.39 is 5.97 Å². The fourth-order valence-corrected chi connectivity index (χ4v) is 2.99. The van der Waals surface area contributed by atoms with Crippen molar-refractivity contribution in [2.24, 2.45) is 0 Å². The van der Waals surface area contributed by atoms with Gasteiger partial charge in [0.2, 0.25) is 11.2 Å². The van der Waals surface area contributed by atoms with Crippen molar-refractivity contribution in [2.45, 2.75) is 6.54 Å². The van der Waals surface area contributed by atoms with E-state index in [-0.39, 0.29) is 23.6 Å². The molecule has 1 aromatic carbocycles. The van der Waals surface area contributed by atoms with Crippen LogP contribution in [0, 0.1) is 5.82 Å². The first-order valence-electron chi connectivity index (χ1n) is 8.70. The van der Waals surface area contributed by atoms with E-state index in [1.165, 1.54) is 36.5 Å². The van der Waals surface area contributed by atoms with Crippen LogP contribution in [0.1, 0.15) is 5.76 Å². The molecule has 0 spiro atoms. The number of methoxy groups -OCH3 is 1. The smallest absolute Gasteiger partial charge is 0.343 e. The number of hydrogen-bond acceptors (Lipinski definition) is 6. The molecule has 1 aromatic heterocycles. The van der Waals surface area contributed by atoms with Gasteiger partial charge in [-0.25, -0.2) is 9.18 Å². The van der Waals surface area contributed by atoms with Crippen LogP contribution in [0.2, 0.25) is 0 Å². The van der Waals surface area contributed by atoms with Crippen LogP contribution < -0.4 is 20.0 Å². The summed E-state index contributed by atoms with van der Waals surface area (Å²) >= 11 is 0. The molecule has 0 unspecified atom stereocenters. The number of piperazine rings is 1. The van der Waals surface area contributed by atoms with E-state index in [0.717, 1.165) is 31.9 Å². The molecular formula is C19H22FN2O5+. The molecule has 1 aliphatic heterocycles. The van der Waals surface area contributed by atoms with Crippen molar-refractivity contribution >= 4 is 11.7 Å². The summed E-state index contributed by atoms with van der Waals surface area (Å²) in [6, 6.07) is 7.89. The normalized spacial score (nSPS) is 14.8. The second-order valence-corrected chi connectivity index (χ2v) is 6.33. The van der Waals surface area contributed by atoms with Gasteiger partial charge in [0.25, 0.3) is 0 Å². The van der Waals surface area contributed by atoms with E-state index in [2.05, 4.69) is 9.64 Å². The van der Waals surface area contributed by atoms with Crippen molar-refractivity contribution in [3.8, 4) is 5.75 Å². The van der Waals surface area contributed by atoms with Crippen LogP contribution in [0.5, 0.6) is 5.75 Å². The number of anilines is 1. The zero-order valence-corrected chi connectivity index (χ0v) is 15.1. The Morgan fingerprint density at radius 1 is 1.26 bits per heavy atom. The Morgan fingerprint density at radius 3 is 2.59 bits per heavy atom. The van der Waals surface area contributed by atoms with Crippen LogP contribution in [0.4, 0.5) is 10.1 Å². The fourth-order valence-electron chi connectivity index (χ4n) is 2.99. The monoisotopic (exact) mass is 377 g/mol. The first-order chi connectivity index (χ1) is 13.0. The fraction of sp³-hybridized carbons (Fsp3) is 0.368. The highest BCUT2D eigenvalue weighted by Crippen LogP contribution is 2.14. The molecule has 2 aromatic rings. The lowest BCUT2D eigenvalue weighted by atomic mass is 10.2. The maximum Gasteiger partial charge on any atom is 0.343 e. The number of carbonyl (C=O) groups excluding carboxylic acids is 1. The number of hydrogen-bond donors (Lipinski definition) is 1. The number of ether oxygens (including phenoxy) is 2. The summed E-state index contributed by atoms with van der Waals surface area (Å²) in [5, 5.41) is 0. The standard InChI is InChI=1S/C19H21FN2O5/c1-25-19(24)13-27-18-12-26-16(10-17(18)23)11-21-6-8-22(9-7-21)15-4-2-14(20)3-5-15/h2-5,10,12H,6-9,11,13H2,1H3/p+1. The Bertz CT molecular complexity index is 829. The van der Waals surface area contributed by atoms with E-state index in [1.807, 2.05) is 0 Å². The van der Waals surface area contributed by atoms with Crippen LogP contribution in [0.15, 0.2) is 45.8 Å². The maximum atomic E-state index is 13.0. The zero-order chi connectivity index (χ0) is 19.2. The number of rotatable bonds is 6. The molecule has 0 atom stereocenters. The summed E-state index contributed by atoms with van der Waals surface area (Å²) in [5.41, 5.74) is 0.679. The van der Waals surface area contributed by atoms with Gasteiger partial charge in [-0.2, -0.15) is 0 Å². The SMILES string of the molecule is COC(=O)COc1coc(C[NH+]2CCN(c3ccc(F)cc3)CC2)cc1=O. The van der Waals surface area contributed by atoms with E-state index in [9.17, 15) is 14.0 Å². The predicted octanol–water partition coefficient (Wildman–Crippen LogP) is 0.236. The number of esters is 1. The van der Waals surface area contributed by atoms with Crippen molar-refractivity contribution in [2.75, 3.05) is 44.8 Å². The molecule has 27 heavy (non-hydrogen) atoms. The Kier molecular flexibility index (Phi) is 6.08. The van der Waals surface area contributed by atoms with Gasteiger partial charge in [0, 0.05) is 11.8 Å². The average molecular weight is 377 g/mol. The van der Waals surface area contributed by atoms with Crippen LogP contribution in [-0.4, -0.2) is 45.9 Å². The summed E-state index contributed by atoms with van der Waals surface area (Å²) in [4.78, 5) is 26.6. The van der Waals surface area contributed by atoms with Gasteiger partial charge in [-0.05, 0) is 24.3 Å². The molecule has 2 heterocycles. The summed E-state index contributed by atoms with van der Waals surface area (Å²) < 4.78 is 28.1. The highest BCUT2D eigenvalue weighted by molar-refractivity contribution is 5.70. The molecule has 8 heteroatoms. The van der Waals surface area contributed by atoms with Crippen LogP contribution >= 0.6 is 0 Å². The van der Waals surface area contributed by atoms with Gasteiger partial charge in [0.05, 0.1) is 33.3 Å². The summed E-state index contributed by atoms with van der Waals surface area (Å²) in [6.07, 6.45) is 1.23. The van der Waals surface area contributed by atoms with Gasteiger partial charge >= 0.3 is 5.97 Å². The largest absolute Gasteiger partial charge is 0.475 e. The minimum Gasteiger partial charge on any atom is -0.475 e. The van der Waals surface area contributed by atoms with Crippen LogP contribution in [0.25, 0.3) is 0 Å². The molecule has 0 radical (unpaired) electrons. The highest BCUT2D eigenvalue weighted by atomic mass is 19.1. The molecule has 1 N–H and O–H groups in total. The third-order valence-electron chi connectivity index (χ3n) is 4.51. The Labute approximate surface area is 155 Å². The van der Waals surface area contributed by atoms with Crippen molar-refractivity contribution in [3.63, 3.8) is 0 Å². The van der Waals surface area contributed by atoms with Crippen molar-refractivity contribution in [1.82, 2.24) is 0 Å². The lowest BCUT2D eigenvalue weighted by Gasteiger charge is -2.33. The van der Waals surface area contributed by atoms with Gasteiger partial charge in [-0.1, -0.05) is 0 Å². The molecule has 144 valence electrons. The number of benzene rings is 1. The zero-order valence-electron chi connectivity index (χ0n) is 15.1. The van der Waals surface area contributed by atoms with E-state index in [0.29, 0.717) is 12.3 Å². The van der Waals surface area contributed by atoms with E-state index >= 15 is 0 Å². The van der Waals surface area contributed by atoms with Crippen molar-refractivity contribution < 1.29 is 28.0 Å². The number of quaternary nitrogens is 1. The second kappa shape index (κ2) is 8.68. The first-order valence-corrected chi connectivity index (χ1v) is 8.70. The Balaban J connectivity index is 1.52. The van der Waals surface area contributed by atoms with Crippen molar-refractivity contribution in [1.29, 1.82) is 0 Å². The first kappa shape index (κ1) is 18.9. The number of carbonyl (C=O) groups is 1. The molecule has 0 aliphatic carbocycles. The second-order valence-electron chi connectivity index (χ2n) is 6.33. The average Bonchev–Trinajstić information content (AvgIpc) is 2.68. The lowest BCUT2D eigenvalue weighted by molar-refractivity contribution is -0.915. The van der Waals surface area contributed by atoms with E-state index in [4.69, 9.17) is 9.15 Å². The quantitative estimate of drug-likeness (QED) is 0.727. The molecule has 1 aliphatic rings. The summed E-state index contributed by atoms with van der Waals surface area (Å²) in [5.74, 6) is -0.255. The minimum absolute atomic E-state index is 0.0136. The lowest BCUT2D eigenvalue weighted by Crippen LogP contribution is -3.13. The maximum absolute atomic E-state index is 13.0. The molecule has 0 amide bonds. The molecule has 1 saturated heterocycles. The van der Waals surface area contributed by atoms with Gasteiger partial charge in [-0.15, -0.1) is 0 Å². The molecule has 0 saturated carbocycles. The third kappa shape index (κ3) is 5.07. The molecule has 3 rings (SSSR count). The number of halogens is 1. The van der Waals surface area contributed by atoms with Gasteiger partial charge in [-0.3, -0.25) is 4.79 Å². The minimum atomic E-state index is -0.568. The van der Waals surface area contributed by atoms with E-state index in [1.54, 1.807) is 12.1 Å². The van der Waals surface area contributed by atoms with Gasteiger partial charge < -0.3 is 23.7 Å². The third-order valence-corrected chi connectivity index (χ3v) is 4.51.